The number of carbonyl (C=O) groups is 2. The molecule has 0 aromatic carbocycles. The lowest BCUT2D eigenvalue weighted by Gasteiger charge is -2.49. The van der Waals surface area contributed by atoms with Crippen LogP contribution < -0.4 is 5.32 Å². The molecule has 1 N–H and O–H groups in total. The minimum absolute atomic E-state index is 0.236. The van der Waals surface area contributed by atoms with E-state index in [0.29, 0.717) is 13.1 Å². The molecule has 1 spiro atoms. The second kappa shape index (κ2) is 5.72. The van der Waals surface area contributed by atoms with Crippen LogP contribution in [0, 0.1) is 5.41 Å². The van der Waals surface area contributed by atoms with Gasteiger partial charge in [0.2, 0.25) is 0 Å². The van der Waals surface area contributed by atoms with Gasteiger partial charge in [0, 0.05) is 37.9 Å². The maximum absolute atomic E-state index is 12.5. The lowest BCUT2D eigenvalue weighted by molar-refractivity contribution is -0.240. The van der Waals surface area contributed by atoms with Crippen molar-refractivity contribution in [3.63, 3.8) is 0 Å². The Hall–Kier alpha value is -1.30. The van der Waals surface area contributed by atoms with Gasteiger partial charge >= 0.3 is 12.1 Å². The lowest BCUT2D eigenvalue weighted by Crippen LogP contribution is -2.62. The van der Waals surface area contributed by atoms with Crippen molar-refractivity contribution in [1.82, 2.24) is 10.2 Å². The van der Waals surface area contributed by atoms with E-state index in [1.807, 2.05) is 20.8 Å². The molecule has 6 nitrogen and oxygen atoms in total. The third-order valence-corrected chi connectivity index (χ3v) is 5.07. The van der Waals surface area contributed by atoms with E-state index in [9.17, 15) is 9.59 Å². The average molecular weight is 312 g/mol. The van der Waals surface area contributed by atoms with E-state index in [1.165, 1.54) is 13.3 Å². The summed E-state index contributed by atoms with van der Waals surface area (Å²) in [7, 11) is 0. The van der Waals surface area contributed by atoms with Crippen LogP contribution in [-0.4, -0.2) is 47.9 Å². The molecule has 1 amide bonds. The van der Waals surface area contributed by atoms with E-state index >= 15 is 0 Å². The van der Waals surface area contributed by atoms with Crippen molar-refractivity contribution in [3.8, 4) is 0 Å². The molecule has 126 valence electrons. The molecule has 0 aromatic rings. The number of esters is 1. The third kappa shape index (κ3) is 3.37. The number of hydrogen-bond acceptors (Lipinski definition) is 5. The third-order valence-electron chi connectivity index (χ3n) is 5.07. The minimum atomic E-state index is -1.28. The zero-order chi connectivity index (χ0) is 16.6. The van der Waals surface area contributed by atoms with E-state index in [4.69, 9.17) is 9.47 Å². The Kier molecular flexibility index (Phi) is 4.44. The van der Waals surface area contributed by atoms with Gasteiger partial charge in [-0.15, -0.1) is 0 Å². The summed E-state index contributed by atoms with van der Waals surface area (Å²) in [5.74, 6) is -1.73. The van der Waals surface area contributed by atoms with E-state index in [1.54, 1.807) is 11.8 Å². The Labute approximate surface area is 132 Å². The number of carbonyl (C=O) groups excluding carboxylic acids is 2. The van der Waals surface area contributed by atoms with Crippen molar-refractivity contribution in [2.45, 2.75) is 65.2 Å². The molecule has 0 radical (unpaired) electrons. The highest BCUT2D eigenvalue weighted by Gasteiger charge is 2.47. The molecule has 6 heteroatoms. The molecule has 2 aliphatic heterocycles. The molecular weight excluding hydrogens is 284 g/mol. The largest absolute Gasteiger partial charge is 0.422 e. The Balaban J connectivity index is 1.98. The number of hydrogen-bond donors (Lipinski definition) is 1. The zero-order valence-corrected chi connectivity index (χ0v) is 14.3. The smallest absolute Gasteiger partial charge is 0.413 e. The first kappa shape index (κ1) is 17.1. The quantitative estimate of drug-likeness (QED) is 0.626. The Morgan fingerprint density at radius 1 is 1.05 bits per heavy atom. The maximum atomic E-state index is 12.5. The SMILES string of the molecule is CC(=O)OC(C)(OC(=O)N1CCC2(CCN2)CC1)C(C)(C)C. The summed E-state index contributed by atoms with van der Waals surface area (Å²) in [5.41, 5.74) is -0.277. The van der Waals surface area contributed by atoms with E-state index in [-0.39, 0.29) is 5.54 Å². The Morgan fingerprint density at radius 3 is 1.95 bits per heavy atom. The number of amides is 1. The molecule has 2 rings (SSSR count). The maximum Gasteiger partial charge on any atom is 0.413 e. The fourth-order valence-corrected chi connectivity index (χ4v) is 2.86. The normalized spacial score (nSPS) is 23.4. The Morgan fingerprint density at radius 2 is 1.59 bits per heavy atom. The highest BCUT2D eigenvalue weighted by atomic mass is 16.7. The summed E-state index contributed by atoms with van der Waals surface area (Å²) in [6, 6.07) is 0. The molecule has 0 saturated carbocycles. The number of ether oxygens (including phenoxy) is 2. The highest BCUT2D eigenvalue weighted by molar-refractivity contribution is 5.70. The zero-order valence-electron chi connectivity index (χ0n) is 14.3. The van der Waals surface area contributed by atoms with Gasteiger partial charge in [0.15, 0.2) is 0 Å². The standard InChI is InChI=1S/C16H28N2O4/c1-12(19)21-15(5,14(2,3)4)22-13(20)18-10-7-16(8-11-18)6-9-17-16/h17H,6-11H2,1-5H3. The van der Waals surface area contributed by atoms with Crippen LogP contribution >= 0.6 is 0 Å². The van der Waals surface area contributed by atoms with Crippen molar-refractivity contribution in [1.29, 1.82) is 0 Å². The molecule has 0 aliphatic carbocycles. The minimum Gasteiger partial charge on any atom is -0.422 e. The van der Waals surface area contributed by atoms with Gasteiger partial charge in [-0.2, -0.15) is 0 Å². The molecular formula is C16H28N2O4. The van der Waals surface area contributed by atoms with Gasteiger partial charge in [-0.1, -0.05) is 20.8 Å². The number of piperidine rings is 1. The summed E-state index contributed by atoms with van der Waals surface area (Å²) in [6.07, 6.45) is 2.67. The Bertz CT molecular complexity index is 444. The highest BCUT2D eigenvalue weighted by Crippen LogP contribution is 2.36. The second-order valence-corrected chi connectivity index (χ2v) is 7.60. The molecule has 2 saturated heterocycles. The number of likely N-dealkylation sites (tertiary alicyclic amines) is 1. The molecule has 2 heterocycles. The van der Waals surface area contributed by atoms with Gasteiger partial charge in [0.25, 0.3) is 5.79 Å². The molecule has 0 aromatic heterocycles. The van der Waals surface area contributed by atoms with Crippen LogP contribution in [0.25, 0.3) is 0 Å². The van der Waals surface area contributed by atoms with Crippen molar-refractivity contribution in [3.05, 3.63) is 0 Å². The molecule has 1 atom stereocenters. The van der Waals surface area contributed by atoms with E-state index in [0.717, 1.165) is 19.4 Å². The molecule has 0 bridgehead atoms. The van der Waals surface area contributed by atoms with Crippen LogP contribution in [0.4, 0.5) is 4.79 Å². The first-order valence-corrected chi connectivity index (χ1v) is 8.00. The van der Waals surface area contributed by atoms with Crippen molar-refractivity contribution >= 4 is 12.1 Å². The van der Waals surface area contributed by atoms with Gasteiger partial charge in [-0.05, 0) is 25.8 Å². The van der Waals surface area contributed by atoms with Crippen molar-refractivity contribution < 1.29 is 19.1 Å². The predicted molar refractivity (Wildman–Crippen MR) is 82.3 cm³/mol. The number of rotatable bonds is 2. The summed E-state index contributed by atoms with van der Waals surface area (Å²) in [6.45, 7) is 11.0. The summed E-state index contributed by atoms with van der Waals surface area (Å²) < 4.78 is 10.9. The van der Waals surface area contributed by atoms with E-state index in [2.05, 4.69) is 5.32 Å². The fraction of sp³-hybridized carbons (Fsp3) is 0.875. The lowest BCUT2D eigenvalue weighted by atomic mass is 9.79. The van der Waals surface area contributed by atoms with Gasteiger partial charge in [-0.25, -0.2) is 4.79 Å². The van der Waals surface area contributed by atoms with Gasteiger partial charge in [0.1, 0.15) is 0 Å². The molecule has 1 unspecified atom stereocenters. The topological polar surface area (TPSA) is 67.9 Å². The van der Waals surface area contributed by atoms with Crippen LogP contribution in [0.5, 0.6) is 0 Å². The van der Waals surface area contributed by atoms with Gasteiger partial charge in [0.05, 0.1) is 0 Å². The predicted octanol–water partition coefficient (Wildman–Crippen LogP) is 2.28. The van der Waals surface area contributed by atoms with Crippen LogP contribution in [0.3, 0.4) is 0 Å². The molecule has 2 aliphatic rings. The molecule has 2 fully saturated rings. The van der Waals surface area contributed by atoms with Crippen LogP contribution in [0.2, 0.25) is 0 Å². The van der Waals surface area contributed by atoms with Crippen molar-refractivity contribution in [2.75, 3.05) is 19.6 Å². The number of nitrogens with one attached hydrogen (secondary N) is 1. The van der Waals surface area contributed by atoms with Gasteiger partial charge < -0.3 is 19.7 Å². The first-order chi connectivity index (χ1) is 10.1. The fourth-order valence-electron chi connectivity index (χ4n) is 2.86. The molecule has 22 heavy (non-hydrogen) atoms. The van der Waals surface area contributed by atoms with Gasteiger partial charge in [-0.3, -0.25) is 4.79 Å². The second-order valence-electron chi connectivity index (χ2n) is 7.60. The van der Waals surface area contributed by atoms with Crippen LogP contribution in [0.15, 0.2) is 0 Å². The summed E-state index contributed by atoms with van der Waals surface area (Å²) >= 11 is 0. The van der Waals surface area contributed by atoms with Crippen molar-refractivity contribution in [2.24, 2.45) is 5.41 Å². The monoisotopic (exact) mass is 312 g/mol. The van der Waals surface area contributed by atoms with Crippen LogP contribution in [-0.2, 0) is 14.3 Å². The average Bonchev–Trinajstić information content (AvgIpc) is 2.34. The van der Waals surface area contributed by atoms with E-state index < -0.39 is 23.3 Å². The number of nitrogens with zero attached hydrogens (tertiary/aromatic N) is 1. The summed E-state index contributed by atoms with van der Waals surface area (Å²) in [5, 5.41) is 3.47. The summed E-state index contributed by atoms with van der Waals surface area (Å²) in [4.78, 5) is 25.5. The first-order valence-electron chi connectivity index (χ1n) is 8.00. The van der Waals surface area contributed by atoms with Crippen LogP contribution in [0.1, 0.15) is 53.9 Å².